The topological polar surface area (TPSA) is 96.5 Å². The van der Waals surface area contributed by atoms with Gasteiger partial charge in [-0.2, -0.15) is 0 Å². The number of hydrogen-bond donors (Lipinski definition) is 3. The molecule has 3 N–H and O–H groups in total. The van der Waals surface area contributed by atoms with Gasteiger partial charge in [0.1, 0.15) is 5.75 Å². The summed E-state index contributed by atoms with van der Waals surface area (Å²) in [5.74, 6) is -0.751. The van der Waals surface area contributed by atoms with E-state index < -0.39 is 11.8 Å². The van der Waals surface area contributed by atoms with Gasteiger partial charge in [-0.3, -0.25) is 25.2 Å². The molecular weight excluding hydrogens is 346 g/mol. The molecule has 3 amide bonds. The Bertz CT molecular complexity index is 816. The Morgan fingerprint density at radius 3 is 2.19 bits per heavy atom. The number of hydrazine groups is 1. The number of hydrogen-bond acceptors (Lipinski definition) is 4. The molecule has 0 aliphatic heterocycles. The smallest absolute Gasteiger partial charge is 0.273 e. The zero-order valence-corrected chi connectivity index (χ0v) is 15.5. The summed E-state index contributed by atoms with van der Waals surface area (Å²) >= 11 is 0. The van der Waals surface area contributed by atoms with E-state index in [0.717, 1.165) is 0 Å². The maximum Gasteiger partial charge on any atom is 0.273 e. The molecule has 2 aromatic carbocycles. The molecule has 27 heavy (non-hydrogen) atoms. The predicted octanol–water partition coefficient (Wildman–Crippen LogP) is 2.75. The second kappa shape index (κ2) is 9.38. The first-order valence-electron chi connectivity index (χ1n) is 8.65. The minimum Gasteiger partial charge on any atom is -0.493 e. The van der Waals surface area contributed by atoms with E-state index in [0.29, 0.717) is 29.2 Å². The van der Waals surface area contributed by atoms with Crippen LogP contribution in [0.4, 0.5) is 5.69 Å². The maximum absolute atomic E-state index is 12.3. The van der Waals surface area contributed by atoms with Crippen LogP contribution in [0, 0.1) is 5.92 Å². The molecule has 2 rings (SSSR count). The number of ether oxygens (including phenoxy) is 1. The van der Waals surface area contributed by atoms with Gasteiger partial charge in [0.15, 0.2) is 0 Å². The van der Waals surface area contributed by atoms with Crippen LogP contribution in [-0.2, 0) is 4.79 Å². The third kappa shape index (κ3) is 5.57. The van der Waals surface area contributed by atoms with E-state index in [4.69, 9.17) is 4.74 Å². The molecule has 0 heterocycles. The lowest BCUT2D eigenvalue weighted by atomic mass is 10.1. The Morgan fingerprint density at radius 2 is 1.56 bits per heavy atom. The van der Waals surface area contributed by atoms with Gasteiger partial charge in [0.05, 0.1) is 12.2 Å². The summed E-state index contributed by atoms with van der Waals surface area (Å²) in [7, 11) is 0. The molecule has 7 nitrogen and oxygen atoms in total. The highest BCUT2D eigenvalue weighted by atomic mass is 16.5. The maximum atomic E-state index is 12.3. The van der Waals surface area contributed by atoms with E-state index in [1.54, 1.807) is 62.4 Å². The number of para-hydroxylation sites is 1. The van der Waals surface area contributed by atoms with Gasteiger partial charge in [-0.1, -0.05) is 26.0 Å². The van der Waals surface area contributed by atoms with E-state index in [9.17, 15) is 14.4 Å². The summed E-state index contributed by atoms with van der Waals surface area (Å²) in [5, 5.41) is 2.74. The molecule has 0 fully saturated rings. The van der Waals surface area contributed by atoms with Crippen molar-refractivity contribution >= 4 is 23.4 Å². The van der Waals surface area contributed by atoms with E-state index in [2.05, 4.69) is 16.2 Å². The molecule has 142 valence electrons. The fourth-order valence-electron chi connectivity index (χ4n) is 2.18. The average molecular weight is 369 g/mol. The second-order valence-electron chi connectivity index (χ2n) is 6.06. The Balaban J connectivity index is 1.95. The zero-order valence-electron chi connectivity index (χ0n) is 15.5. The molecule has 0 unspecified atom stereocenters. The van der Waals surface area contributed by atoms with Crippen LogP contribution in [0.5, 0.6) is 5.75 Å². The molecule has 0 aromatic heterocycles. The molecule has 0 aliphatic carbocycles. The first-order valence-corrected chi connectivity index (χ1v) is 8.65. The van der Waals surface area contributed by atoms with Crippen molar-refractivity contribution in [3.8, 4) is 5.75 Å². The van der Waals surface area contributed by atoms with E-state index in [1.807, 2.05) is 6.92 Å². The SMILES string of the molecule is CCOc1ccccc1C(=O)NNC(=O)c1ccc(NC(=O)C(C)C)cc1. The van der Waals surface area contributed by atoms with Crippen molar-refractivity contribution < 1.29 is 19.1 Å². The first kappa shape index (κ1) is 20.0. The van der Waals surface area contributed by atoms with Gasteiger partial charge in [0.25, 0.3) is 11.8 Å². The molecule has 0 saturated heterocycles. The normalized spacial score (nSPS) is 10.2. The third-order valence-corrected chi connectivity index (χ3v) is 3.66. The van der Waals surface area contributed by atoms with Crippen LogP contribution < -0.4 is 20.9 Å². The highest BCUT2D eigenvalue weighted by Gasteiger charge is 2.14. The molecule has 0 aliphatic rings. The Morgan fingerprint density at radius 1 is 0.926 bits per heavy atom. The minimum absolute atomic E-state index is 0.104. The lowest BCUT2D eigenvalue weighted by Gasteiger charge is -2.11. The summed E-state index contributed by atoms with van der Waals surface area (Å²) in [4.78, 5) is 36.1. The van der Waals surface area contributed by atoms with Crippen LogP contribution in [0.1, 0.15) is 41.5 Å². The summed E-state index contributed by atoms with van der Waals surface area (Å²) in [6.45, 7) is 5.84. The molecule has 0 spiro atoms. The fraction of sp³-hybridized carbons (Fsp3) is 0.250. The van der Waals surface area contributed by atoms with Crippen LogP contribution >= 0.6 is 0 Å². The molecule has 0 radical (unpaired) electrons. The Hall–Kier alpha value is -3.35. The van der Waals surface area contributed by atoms with Crippen LogP contribution in [0.25, 0.3) is 0 Å². The monoisotopic (exact) mass is 369 g/mol. The number of amides is 3. The minimum atomic E-state index is -0.479. The first-order chi connectivity index (χ1) is 12.9. The zero-order chi connectivity index (χ0) is 19.8. The summed E-state index contributed by atoms with van der Waals surface area (Å²) in [5.41, 5.74) is 6.00. The van der Waals surface area contributed by atoms with Crippen molar-refractivity contribution in [2.24, 2.45) is 5.92 Å². The molecule has 0 saturated carbocycles. The van der Waals surface area contributed by atoms with Crippen LogP contribution in [0.2, 0.25) is 0 Å². The number of rotatable bonds is 6. The van der Waals surface area contributed by atoms with Crippen LogP contribution in [0.3, 0.4) is 0 Å². The van der Waals surface area contributed by atoms with Crippen molar-refractivity contribution in [3.05, 3.63) is 59.7 Å². The predicted molar refractivity (Wildman–Crippen MR) is 102 cm³/mol. The average Bonchev–Trinajstić information content (AvgIpc) is 2.67. The van der Waals surface area contributed by atoms with Gasteiger partial charge in [0.2, 0.25) is 5.91 Å². The van der Waals surface area contributed by atoms with Crippen molar-refractivity contribution in [1.29, 1.82) is 0 Å². The number of carbonyl (C=O) groups is 3. The van der Waals surface area contributed by atoms with Crippen LogP contribution in [-0.4, -0.2) is 24.3 Å². The molecule has 0 bridgehead atoms. The van der Waals surface area contributed by atoms with E-state index in [1.165, 1.54) is 0 Å². The van der Waals surface area contributed by atoms with Gasteiger partial charge in [-0.05, 0) is 43.3 Å². The van der Waals surface area contributed by atoms with Crippen molar-refractivity contribution in [2.75, 3.05) is 11.9 Å². The van der Waals surface area contributed by atoms with Gasteiger partial charge in [-0.25, -0.2) is 0 Å². The summed E-state index contributed by atoms with van der Waals surface area (Å²) in [6.07, 6.45) is 0. The van der Waals surface area contributed by atoms with E-state index >= 15 is 0 Å². The quantitative estimate of drug-likeness (QED) is 0.682. The Kier molecular flexibility index (Phi) is 6.93. The standard InChI is InChI=1S/C20H23N3O4/c1-4-27-17-8-6-5-7-16(17)20(26)23-22-19(25)14-9-11-15(12-10-14)21-18(24)13(2)3/h5-13H,4H2,1-3H3,(H,21,24)(H,22,25)(H,23,26). The molecule has 7 heteroatoms. The molecule has 2 aromatic rings. The Labute approximate surface area is 158 Å². The van der Waals surface area contributed by atoms with Crippen molar-refractivity contribution in [1.82, 2.24) is 10.9 Å². The lowest BCUT2D eigenvalue weighted by Crippen LogP contribution is -2.41. The summed E-state index contributed by atoms with van der Waals surface area (Å²) < 4.78 is 5.40. The molecule has 0 atom stereocenters. The number of carbonyl (C=O) groups excluding carboxylic acids is 3. The second-order valence-corrected chi connectivity index (χ2v) is 6.06. The highest BCUT2D eigenvalue weighted by Crippen LogP contribution is 2.17. The lowest BCUT2D eigenvalue weighted by molar-refractivity contribution is -0.118. The number of anilines is 1. The van der Waals surface area contributed by atoms with E-state index in [-0.39, 0.29) is 11.8 Å². The van der Waals surface area contributed by atoms with Crippen LogP contribution in [0.15, 0.2) is 48.5 Å². The summed E-state index contributed by atoms with van der Waals surface area (Å²) in [6, 6.07) is 13.1. The van der Waals surface area contributed by atoms with Gasteiger partial charge >= 0.3 is 0 Å². The van der Waals surface area contributed by atoms with Gasteiger partial charge in [-0.15, -0.1) is 0 Å². The third-order valence-electron chi connectivity index (χ3n) is 3.66. The largest absolute Gasteiger partial charge is 0.493 e. The number of benzene rings is 2. The van der Waals surface area contributed by atoms with Gasteiger partial charge in [0, 0.05) is 17.2 Å². The number of nitrogens with one attached hydrogen (secondary N) is 3. The van der Waals surface area contributed by atoms with Gasteiger partial charge < -0.3 is 10.1 Å². The molecular formula is C20H23N3O4. The highest BCUT2D eigenvalue weighted by molar-refractivity contribution is 6.00. The van der Waals surface area contributed by atoms with Crippen molar-refractivity contribution in [2.45, 2.75) is 20.8 Å². The fourth-order valence-corrected chi connectivity index (χ4v) is 2.18. The van der Waals surface area contributed by atoms with Crippen molar-refractivity contribution in [3.63, 3.8) is 0 Å².